The zero-order chi connectivity index (χ0) is 18.6. The molecular formula is C20H21BrN4O2. The highest BCUT2D eigenvalue weighted by molar-refractivity contribution is 9.10. The van der Waals surface area contributed by atoms with Crippen LogP contribution in [0.2, 0.25) is 0 Å². The molecule has 27 heavy (non-hydrogen) atoms. The molecule has 0 bridgehead atoms. The van der Waals surface area contributed by atoms with Crippen molar-refractivity contribution in [3.8, 4) is 0 Å². The van der Waals surface area contributed by atoms with E-state index >= 15 is 0 Å². The van der Waals surface area contributed by atoms with Gasteiger partial charge in [0.2, 0.25) is 5.91 Å². The van der Waals surface area contributed by atoms with Crippen LogP contribution >= 0.6 is 15.9 Å². The van der Waals surface area contributed by atoms with Crippen LogP contribution in [-0.4, -0.2) is 41.8 Å². The number of amides is 1. The Hall–Kier alpha value is -2.38. The minimum Gasteiger partial charge on any atom is -0.378 e. The molecule has 1 aliphatic rings. The predicted molar refractivity (Wildman–Crippen MR) is 109 cm³/mol. The van der Waals surface area contributed by atoms with E-state index in [1.165, 1.54) is 0 Å². The van der Waals surface area contributed by atoms with Gasteiger partial charge in [-0.3, -0.25) is 4.79 Å². The lowest BCUT2D eigenvalue weighted by Crippen LogP contribution is -2.36. The molecule has 0 saturated carbocycles. The third-order valence-corrected chi connectivity index (χ3v) is 5.45. The maximum absolute atomic E-state index is 12.4. The number of rotatable bonds is 5. The zero-order valence-electron chi connectivity index (χ0n) is 14.9. The molecule has 0 atom stereocenters. The monoisotopic (exact) mass is 428 g/mol. The van der Waals surface area contributed by atoms with Crippen LogP contribution in [0.5, 0.6) is 0 Å². The quantitative estimate of drug-likeness (QED) is 0.678. The van der Waals surface area contributed by atoms with E-state index < -0.39 is 0 Å². The summed E-state index contributed by atoms with van der Waals surface area (Å²) in [5.41, 5.74) is 1.88. The summed E-state index contributed by atoms with van der Waals surface area (Å²) in [4.78, 5) is 19.4. The number of nitrogens with one attached hydrogen (secondary N) is 1. The van der Waals surface area contributed by atoms with Crippen molar-refractivity contribution in [2.75, 3.05) is 31.2 Å². The van der Waals surface area contributed by atoms with Crippen molar-refractivity contribution in [1.82, 2.24) is 14.9 Å². The number of carbonyl (C=O) groups excluding carboxylic acids is 1. The Morgan fingerprint density at radius 1 is 1.15 bits per heavy atom. The van der Waals surface area contributed by atoms with E-state index in [9.17, 15) is 4.79 Å². The normalized spacial score (nSPS) is 14.5. The maximum Gasteiger partial charge on any atom is 0.240 e. The van der Waals surface area contributed by atoms with Crippen LogP contribution in [0.25, 0.3) is 11.0 Å². The van der Waals surface area contributed by atoms with Gasteiger partial charge in [0, 0.05) is 35.7 Å². The first-order valence-corrected chi connectivity index (χ1v) is 9.79. The Labute approximate surface area is 166 Å². The second kappa shape index (κ2) is 8.10. The van der Waals surface area contributed by atoms with Crippen molar-refractivity contribution in [2.45, 2.75) is 13.1 Å². The molecule has 2 aromatic heterocycles. The molecular weight excluding hydrogens is 408 g/mol. The number of nitrogens with zero attached hydrogens (tertiary/aromatic N) is 3. The molecule has 3 aromatic rings. The van der Waals surface area contributed by atoms with Gasteiger partial charge in [0.05, 0.1) is 13.2 Å². The smallest absolute Gasteiger partial charge is 0.240 e. The van der Waals surface area contributed by atoms with Crippen molar-refractivity contribution in [1.29, 1.82) is 0 Å². The zero-order valence-corrected chi connectivity index (χ0v) is 16.5. The molecule has 0 spiro atoms. The van der Waals surface area contributed by atoms with Gasteiger partial charge in [0.15, 0.2) is 0 Å². The molecule has 1 aliphatic heterocycles. The van der Waals surface area contributed by atoms with Crippen molar-refractivity contribution >= 4 is 38.7 Å². The predicted octanol–water partition coefficient (Wildman–Crippen LogP) is 2.95. The number of anilines is 1. The molecule has 6 nitrogen and oxygen atoms in total. The van der Waals surface area contributed by atoms with Crippen LogP contribution in [0, 0.1) is 0 Å². The van der Waals surface area contributed by atoms with Gasteiger partial charge in [0.25, 0.3) is 0 Å². The van der Waals surface area contributed by atoms with Gasteiger partial charge in [-0.2, -0.15) is 0 Å². The summed E-state index contributed by atoms with van der Waals surface area (Å²) in [6, 6.07) is 14.0. The van der Waals surface area contributed by atoms with Crippen LogP contribution in [0.4, 0.5) is 5.82 Å². The Bertz CT molecular complexity index is 950. The molecule has 1 N–H and O–H groups in total. The van der Waals surface area contributed by atoms with E-state index in [-0.39, 0.29) is 12.5 Å². The summed E-state index contributed by atoms with van der Waals surface area (Å²) in [7, 11) is 0. The first-order valence-electron chi connectivity index (χ1n) is 8.99. The fourth-order valence-electron chi connectivity index (χ4n) is 3.19. The fourth-order valence-corrected chi connectivity index (χ4v) is 3.62. The number of ether oxygens (including phenoxy) is 1. The Balaban J connectivity index is 1.46. The van der Waals surface area contributed by atoms with Gasteiger partial charge in [0.1, 0.15) is 18.0 Å². The second-order valence-corrected chi connectivity index (χ2v) is 7.35. The molecule has 3 heterocycles. The van der Waals surface area contributed by atoms with E-state index in [1.54, 1.807) is 0 Å². The average molecular weight is 429 g/mol. The highest BCUT2D eigenvalue weighted by atomic mass is 79.9. The van der Waals surface area contributed by atoms with E-state index in [0.29, 0.717) is 6.54 Å². The number of halogens is 1. The molecule has 1 aromatic carbocycles. The van der Waals surface area contributed by atoms with Crippen LogP contribution in [0.15, 0.2) is 53.1 Å². The number of pyridine rings is 1. The van der Waals surface area contributed by atoms with Gasteiger partial charge < -0.3 is 19.5 Å². The van der Waals surface area contributed by atoms with E-state index in [1.807, 2.05) is 47.2 Å². The summed E-state index contributed by atoms with van der Waals surface area (Å²) in [6.07, 6.45) is 1.92. The van der Waals surface area contributed by atoms with Crippen molar-refractivity contribution in [2.24, 2.45) is 0 Å². The van der Waals surface area contributed by atoms with Crippen molar-refractivity contribution in [3.63, 3.8) is 0 Å². The largest absolute Gasteiger partial charge is 0.378 e. The van der Waals surface area contributed by atoms with Crippen molar-refractivity contribution in [3.05, 3.63) is 58.7 Å². The topological polar surface area (TPSA) is 59.4 Å². The summed E-state index contributed by atoms with van der Waals surface area (Å²) in [6.45, 7) is 3.85. The summed E-state index contributed by atoms with van der Waals surface area (Å²) < 4.78 is 8.30. The molecule has 1 fully saturated rings. The lowest BCUT2D eigenvalue weighted by atomic mass is 10.2. The van der Waals surface area contributed by atoms with Gasteiger partial charge >= 0.3 is 0 Å². The summed E-state index contributed by atoms with van der Waals surface area (Å²) in [5, 5.41) is 4.01. The molecule has 1 saturated heterocycles. The molecule has 0 radical (unpaired) electrons. The lowest BCUT2D eigenvalue weighted by Gasteiger charge is -2.27. The Morgan fingerprint density at radius 3 is 2.78 bits per heavy atom. The maximum atomic E-state index is 12.4. The third-order valence-electron chi connectivity index (χ3n) is 4.68. The summed E-state index contributed by atoms with van der Waals surface area (Å²) >= 11 is 3.51. The van der Waals surface area contributed by atoms with E-state index in [0.717, 1.165) is 53.2 Å². The molecule has 0 aliphatic carbocycles. The van der Waals surface area contributed by atoms with Gasteiger partial charge in [-0.25, -0.2) is 4.98 Å². The van der Waals surface area contributed by atoms with Gasteiger partial charge in [-0.1, -0.05) is 34.1 Å². The number of fused-ring (bicyclic) bond motifs is 1. The summed E-state index contributed by atoms with van der Waals surface area (Å²) in [5.74, 6) is 0.890. The Morgan fingerprint density at radius 2 is 1.96 bits per heavy atom. The first-order chi connectivity index (χ1) is 13.2. The molecule has 1 amide bonds. The van der Waals surface area contributed by atoms with E-state index in [2.05, 4.69) is 32.2 Å². The first kappa shape index (κ1) is 18.0. The SMILES string of the molecule is O=C(Cn1ccc2ccc(N3CCOCC3)nc21)NCc1ccccc1Br. The van der Waals surface area contributed by atoms with Gasteiger partial charge in [-0.05, 0) is 29.8 Å². The third kappa shape index (κ3) is 4.14. The number of hydrogen-bond donors (Lipinski definition) is 1. The van der Waals surface area contributed by atoms with Crippen LogP contribution in [0.1, 0.15) is 5.56 Å². The fraction of sp³-hybridized carbons (Fsp3) is 0.300. The Kier molecular flexibility index (Phi) is 5.40. The number of benzene rings is 1. The van der Waals surface area contributed by atoms with E-state index in [4.69, 9.17) is 9.72 Å². The van der Waals surface area contributed by atoms with Gasteiger partial charge in [-0.15, -0.1) is 0 Å². The highest BCUT2D eigenvalue weighted by Gasteiger charge is 2.14. The van der Waals surface area contributed by atoms with Crippen LogP contribution < -0.4 is 10.2 Å². The number of morpholine rings is 1. The number of carbonyl (C=O) groups is 1. The average Bonchev–Trinajstić information content (AvgIpc) is 3.10. The molecule has 0 unspecified atom stereocenters. The minimum atomic E-state index is -0.0400. The second-order valence-electron chi connectivity index (χ2n) is 6.49. The standard InChI is InChI=1S/C20H21BrN4O2/c21-17-4-2-1-3-16(17)13-22-19(26)14-25-8-7-15-5-6-18(23-20(15)25)24-9-11-27-12-10-24/h1-8H,9-14H2,(H,22,26). The molecule has 7 heteroatoms. The minimum absolute atomic E-state index is 0.0400. The molecule has 4 rings (SSSR count). The lowest BCUT2D eigenvalue weighted by molar-refractivity contribution is -0.121. The number of hydrogen-bond acceptors (Lipinski definition) is 4. The highest BCUT2D eigenvalue weighted by Crippen LogP contribution is 2.20. The molecule has 140 valence electrons. The van der Waals surface area contributed by atoms with Crippen molar-refractivity contribution < 1.29 is 9.53 Å². The van der Waals surface area contributed by atoms with Crippen LogP contribution in [-0.2, 0) is 22.6 Å². The number of aromatic nitrogens is 2. The van der Waals surface area contributed by atoms with Crippen LogP contribution in [0.3, 0.4) is 0 Å².